The van der Waals surface area contributed by atoms with Crippen LogP contribution in [-0.2, 0) is 16.4 Å². The number of carboxylic acid groups (broad SMARTS) is 1. The van der Waals surface area contributed by atoms with Gasteiger partial charge in [-0.05, 0) is 49.1 Å². The molecule has 1 amide bonds. The van der Waals surface area contributed by atoms with Crippen LogP contribution in [-0.4, -0.2) is 66.8 Å². The van der Waals surface area contributed by atoms with Crippen molar-refractivity contribution in [2.24, 2.45) is 11.8 Å². The maximum absolute atomic E-state index is 11.6. The highest BCUT2D eigenvalue weighted by molar-refractivity contribution is 7.90. The van der Waals surface area contributed by atoms with Crippen LogP contribution in [0.1, 0.15) is 25.8 Å². The Balaban J connectivity index is 1.68. The number of hydrogen-bond donors (Lipinski definition) is 1. The summed E-state index contributed by atoms with van der Waals surface area (Å²) in [6.45, 7) is 6.18. The molecule has 8 heteroatoms. The Bertz CT molecular complexity index is 1000. The van der Waals surface area contributed by atoms with Crippen LogP contribution in [0.3, 0.4) is 0 Å². The zero-order chi connectivity index (χ0) is 22.8. The molecule has 3 rings (SSSR count). The van der Waals surface area contributed by atoms with Crippen molar-refractivity contribution in [1.82, 2.24) is 14.8 Å². The lowest BCUT2D eigenvalue weighted by atomic mass is 9.82. The minimum atomic E-state index is -3.21. The molecule has 31 heavy (non-hydrogen) atoms. The van der Waals surface area contributed by atoms with E-state index in [0.717, 1.165) is 29.8 Å². The normalized spacial score (nSPS) is 19.7. The second-order valence-corrected chi connectivity index (χ2v) is 10.8. The highest BCUT2D eigenvalue weighted by Crippen LogP contribution is 2.29. The Morgan fingerprint density at radius 1 is 1.23 bits per heavy atom. The number of sulfone groups is 1. The van der Waals surface area contributed by atoms with Crippen molar-refractivity contribution in [1.29, 1.82) is 0 Å². The molecule has 1 saturated heterocycles. The number of amides is 1. The molecule has 0 spiro atoms. The summed E-state index contributed by atoms with van der Waals surface area (Å²) in [5.74, 6) is 0.681. The third-order valence-corrected chi connectivity index (χ3v) is 7.28. The molecule has 0 saturated carbocycles. The number of pyridine rings is 1. The van der Waals surface area contributed by atoms with Gasteiger partial charge in [0.05, 0.1) is 10.6 Å². The van der Waals surface area contributed by atoms with Crippen LogP contribution in [0.25, 0.3) is 11.3 Å². The standard InChI is InChI=1S/C23H31N3O4S/c1-16(2)20-15-26(23(27)28)12-11-22(20)25(3)14-17-5-10-21(24-13-17)18-6-8-19(9-7-18)31(4,29)30/h5-10,13,16,20,22H,11-12,14-15H2,1-4H3,(H,27,28). The van der Waals surface area contributed by atoms with E-state index in [1.54, 1.807) is 24.3 Å². The molecule has 1 aromatic carbocycles. The first-order valence-electron chi connectivity index (χ1n) is 10.5. The van der Waals surface area contributed by atoms with Gasteiger partial charge in [0.15, 0.2) is 9.84 Å². The summed E-state index contributed by atoms with van der Waals surface area (Å²) in [4.78, 5) is 20.1. The number of aromatic nitrogens is 1. The van der Waals surface area contributed by atoms with E-state index in [9.17, 15) is 18.3 Å². The number of nitrogens with zero attached hydrogens (tertiary/aromatic N) is 3. The molecule has 0 aliphatic carbocycles. The monoisotopic (exact) mass is 445 g/mol. The number of rotatable bonds is 6. The lowest BCUT2D eigenvalue weighted by Crippen LogP contribution is -2.52. The fourth-order valence-electron chi connectivity index (χ4n) is 4.31. The molecular weight excluding hydrogens is 414 g/mol. The van der Waals surface area contributed by atoms with Gasteiger partial charge in [0.25, 0.3) is 0 Å². The van der Waals surface area contributed by atoms with Crippen molar-refractivity contribution in [3.63, 3.8) is 0 Å². The van der Waals surface area contributed by atoms with E-state index in [2.05, 4.69) is 30.8 Å². The predicted octanol–water partition coefficient (Wildman–Crippen LogP) is 3.61. The summed E-state index contributed by atoms with van der Waals surface area (Å²) in [7, 11) is -1.12. The molecule has 0 bridgehead atoms. The largest absolute Gasteiger partial charge is 0.465 e. The van der Waals surface area contributed by atoms with Crippen LogP contribution in [0.5, 0.6) is 0 Å². The van der Waals surface area contributed by atoms with Crippen LogP contribution < -0.4 is 0 Å². The van der Waals surface area contributed by atoms with Crippen molar-refractivity contribution in [2.75, 3.05) is 26.4 Å². The average Bonchev–Trinajstić information content (AvgIpc) is 2.73. The summed E-state index contributed by atoms with van der Waals surface area (Å²) in [5.41, 5.74) is 2.75. The Kier molecular flexibility index (Phi) is 7.01. The summed E-state index contributed by atoms with van der Waals surface area (Å²) in [6, 6.07) is 11.1. The van der Waals surface area contributed by atoms with Crippen molar-refractivity contribution in [3.05, 3.63) is 48.2 Å². The van der Waals surface area contributed by atoms with Gasteiger partial charge in [-0.15, -0.1) is 0 Å². The molecular formula is C23H31N3O4S. The van der Waals surface area contributed by atoms with Gasteiger partial charge >= 0.3 is 6.09 Å². The predicted molar refractivity (Wildman–Crippen MR) is 121 cm³/mol. The molecule has 0 radical (unpaired) electrons. The lowest BCUT2D eigenvalue weighted by molar-refractivity contribution is 0.0448. The Morgan fingerprint density at radius 3 is 2.42 bits per heavy atom. The van der Waals surface area contributed by atoms with Gasteiger partial charge in [0, 0.05) is 43.7 Å². The van der Waals surface area contributed by atoms with Gasteiger partial charge < -0.3 is 10.0 Å². The zero-order valence-corrected chi connectivity index (χ0v) is 19.3. The van der Waals surface area contributed by atoms with Gasteiger partial charge in [-0.2, -0.15) is 0 Å². The van der Waals surface area contributed by atoms with E-state index in [-0.39, 0.29) is 5.92 Å². The highest BCUT2D eigenvalue weighted by atomic mass is 32.2. The van der Waals surface area contributed by atoms with Crippen LogP contribution in [0, 0.1) is 11.8 Å². The zero-order valence-electron chi connectivity index (χ0n) is 18.5. The van der Waals surface area contributed by atoms with Crippen molar-refractivity contribution in [2.45, 2.75) is 37.8 Å². The molecule has 2 heterocycles. The maximum Gasteiger partial charge on any atom is 0.407 e. The molecule has 1 aliphatic rings. The number of benzene rings is 1. The van der Waals surface area contributed by atoms with Gasteiger partial charge in [0.2, 0.25) is 0 Å². The lowest BCUT2D eigenvalue weighted by Gasteiger charge is -2.43. The minimum Gasteiger partial charge on any atom is -0.465 e. The molecule has 2 atom stereocenters. The Hall–Kier alpha value is -2.45. The molecule has 7 nitrogen and oxygen atoms in total. The van der Waals surface area contributed by atoms with Gasteiger partial charge in [-0.25, -0.2) is 13.2 Å². The van der Waals surface area contributed by atoms with Crippen molar-refractivity contribution < 1.29 is 18.3 Å². The first kappa shape index (κ1) is 23.2. The molecule has 2 aromatic rings. The van der Waals surface area contributed by atoms with Crippen LogP contribution in [0.2, 0.25) is 0 Å². The molecule has 168 valence electrons. The summed E-state index contributed by atoms with van der Waals surface area (Å²) in [6.07, 6.45) is 3.04. The second-order valence-electron chi connectivity index (χ2n) is 8.76. The smallest absolute Gasteiger partial charge is 0.407 e. The van der Waals surface area contributed by atoms with E-state index in [1.807, 2.05) is 18.3 Å². The quantitative estimate of drug-likeness (QED) is 0.730. The van der Waals surface area contributed by atoms with Crippen LogP contribution in [0.15, 0.2) is 47.5 Å². The van der Waals surface area contributed by atoms with Crippen LogP contribution in [0.4, 0.5) is 4.79 Å². The summed E-state index contributed by atoms with van der Waals surface area (Å²) >= 11 is 0. The maximum atomic E-state index is 11.6. The Labute approximate surface area is 184 Å². The number of carbonyl (C=O) groups is 1. The molecule has 1 fully saturated rings. The van der Waals surface area contributed by atoms with E-state index < -0.39 is 15.9 Å². The fraction of sp³-hybridized carbons (Fsp3) is 0.478. The van der Waals surface area contributed by atoms with Crippen LogP contribution >= 0.6 is 0 Å². The van der Waals surface area contributed by atoms with E-state index >= 15 is 0 Å². The average molecular weight is 446 g/mol. The van der Waals surface area contributed by atoms with Crippen molar-refractivity contribution >= 4 is 15.9 Å². The van der Waals surface area contributed by atoms with Gasteiger partial charge in [0.1, 0.15) is 0 Å². The van der Waals surface area contributed by atoms with E-state index in [0.29, 0.717) is 29.9 Å². The summed E-state index contributed by atoms with van der Waals surface area (Å²) in [5, 5.41) is 9.35. The van der Waals surface area contributed by atoms with Gasteiger partial charge in [-0.3, -0.25) is 9.88 Å². The third-order valence-electron chi connectivity index (χ3n) is 6.15. The third kappa shape index (κ3) is 5.62. The highest BCUT2D eigenvalue weighted by Gasteiger charge is 2.35. The molecule has 1 aromatic heterocycles. The first-order valence-corrected chi connectivity index (χ1v) is 12.4. The first-order chi connectivity index (χ1) is 14.6. The summed E-state index contributed by atoms with van der Waals surface area (Å²) < 4.78 is 23.2. The minimum absolute atomic E-state index is 0.287. The number of piperidine rings is 1. The second kappa shape index (κ2) is 9.36. The molecule has 1 N–H and O–H groups in total. The topological polar surface area (TPSA) is 90.8 Å². The van der Waals surface area contributed by atoms with E-state index in [4.69, 9.17) is 0 Å². The van der Waals surface area contributed by atoms with Crippen molar-refractivity contribution in [3.8, 4) is 11.3 Å². The Morgan fingerprint density at radius 2 is 1.90 bits per heavy atom. The number of likely N-dealkylation sites (tertiary alicyclic amines) is 1. The fourth-order valence-corrected chi connectivity index (χ4v) is 4.94. The van der Waals surface area contributed by atoms with Gasteiger partial charge in [-0.1, -0.05) is 32.0 Å². The number of hydrogen-bond acceptors (Lipinski definition) is 5. The van der Waals surface area contributed by atoms with E-state index in [1.165, 1.54) is 11.2 Å². The molecule has 1 aliphatic heterocycles. The molecule has 2 unspecified atom stereocenters. The SMILES string of the molecule is CC(C)C1CN(C(=O)O)CCC1N(C)Cc1ccc(-c2ccc(S(C)(=O)=O)cc2)nc1.